The van der Waals surface area contributed by atoms with E-state index in [1.54, 1.807) is 24.3 Å². The molecule has 0 fully saturated rings. The molecule has 0 saturated carbocycles. The van der Waals surface area contributed by atoms with Gasteiger partial charge in [-0.2, -0.15) is 5.10 Å². The molecule has 22 heavy (non-hydrogen) atoms. The first-order valence-electron chi connectivity index (χ1n) is 6.78. The van der Waals surface area contributed by atoms with Crippen LogP contribution in [0.3, 0.4) is 0 Å². The minimum absolute atomic E-state index is 0.0521. The van der Waals surface area contributed by atoms with Crippen LogP contribution in [0.15, 0.2) is 36.5 Å². The summed E-state index contributed by atoms with van der Waals surface area (Å²) in [6, 6.07) is 8.44. The molecule has 0 saturated heterocycles. The minimum atomic E-state index is -1.00. The number of hydrogen-bond acceptors (Lipinski definition) is 4. The van der Waals surface area contributed by atoms with Crippen LogP contribution in [0.1, 0.15) is 24.2 Å². The summed E-state index contributed by atoms with van der Waals surface area (Å²) in [4.78, 5) is 22.9. The Morgan fingerprint density at radius 3 is 2.73 bits per heavy atom. The van der Waals surface area contributed by atoms with Crippen LogP contribution in [0.2, 0.25) is 0 Å². The summed E-state index contributed by atoms with van der Waals surface area (Å²) in [6.45, 7) is 3.49. The second-order valence-corrected chi connectivity index (χ2v) is 4.91. The van der Waals surface area contributed by atoms with Gasteiger partial charge in [0.1, 0.15) is 12.3 Å². The Hall–Kier alpha value is -2.83. The smallest absolute Gasteiger partial charge is 0.325 e. The molecule has 1 heterocycles. The van der Waals surface area contributed by atoms with E-state index in [0.717, 1.165) is 0 Å². The number of carbonyl (C=O) groups is 2. The van der Waals surface area contributed by atoms with Crippen molar-refractivity contribution in [2.45, 2.75) is 26.5 Å². The van der Waals surface area contributed by atoms with Gasteiger partial charge in [0.25, 0.3) is 5.91 Å². The zero-order valence-electron chi connectivity index (χ0n) is 12.3. The molecule has 0 bridgehead atoms. The molecule has 116 valence electrons. The molecule has 7 heteroatoms. The van der Waals surface area contributed by atoms with Crippen molar-refractivity contribution in [2.75, 3.05) is 5.32 Å². The minimum Gasteiger partial charge on any atom is -0.490 e. The number of nitrogens with one attached hydrogen (secondary N) is 1. The van der Waals surface area contributed by atoms with E-state index in [0.29, 0.717) is 11.3 Å². The first kappa shape index (κ1) is 15.6. The molecular weight excluding hydrogens is 286 g/mol. The normalized spacial score (nSPS) is 10.5. The van der Waals surface area contributed by atoms with Crippen LogP contribution in [0.25, 0.3) is 0 Å². The SMILES string of the molecule is CC(C)Oc1ccccc1C(=O)Nc1ccn(CC(=O)O)n1. The van der Waals surface area contributed by atoms with Crippen LogP contribution in [0.5, 0.6) is 5.75 Å². The lowest BCUT2D eigenvalue weighted by molar-refractivity contribution is -0.137. The van der Waals surface area contributed by atoms with Crippen molar-refractivity contribution >= 4 is 17.7 Å². The van der Waals surface area contributed by atoms with Gasteiger partial charge in [-0.15, -0.1) is 0 Å². The van der Waals surface area contributed by atoms with Crippen LogP contribution in [0, 0.1) is 0 Å². The van der Waals surface area contributed by atoms with E-state index in [-0.39, 0.29) is 24.4 Å². The molecule has 7 nitrogen and oxygen atoms in total. The van der Waals surface area contributed by atoms with E-state index in [2.05, 4.69) is 10.4 Å². The van der Waals surface area contributed by atoms with Gasteiger partial charge in [-0.3, -0.25) is 14.3 Å². The monoisotopic (exact) mass is 303 g/mol. The summed E-state index contributed by atoms with van der Waals surface area (Å²) < 4.78 is 6.83. The topological polar surface area (TPSA) is 93.5 Å². The number of ether oxygens (including phenoxy) is 1. The van der Waals surface area contributed by atoms with Crippen LogP contribution in [-0.2, 0) is 11.3 Å². The summed E-state index contributed by atoms with van der Waals surface area (Å²) in [5, 5.41) is 15.3. The van der Waals surface area contributed by atoms with Gasteiger partial charge in [0.2, 0.25) is 0 Å². The predicted molar refractivity (Wildman–Crippen MR) is 80.0 cm³/mol. The quantitative estimate of drug-likeness (QED) is 0.851. The van der Waals surface area contributed by atoms with Gasteiger partial charge in [0.15, 0.2) is 5.82 Å². The van der Waals surface area contributed by atoms with Gasteiger partial charge in [0, 0.05) is 12.3 Å². The van der Waals surface area contributed by atoms with Crippen molar-refractivity contribution < 1.29 is 19.4 Å². The van der Waals surface area contributed by atoms with Gasteiger partial charge >= 0.3 is 5.97 Å². The molecule has 2 N–H and O–H groups in total. The molecule has 1 aromatic heterocycles. The van der Waals surface area contributed by atoms with Crippen molar-refractivity contribution in [1.82, 2.24) is 9.78 Å². The van der Waals surface area contributed by atoms with E-state index in [9.17, 15) is 9.59 Å². The van der Waals surface area contributed by atoms with E-state index in [1.807, 2.05) is 13.8 Å². The van der Waals surface area contributed by atoms with Crippen LogP contribution < -0.4 is 10.1 Å². The number of carbonyl (C=O) groups excluding carboxylic acids is 1. The van der Waals surface area contributed by atoms with Gasteiger partial charge in [-0.1, -0.05) is 12.1 Å². The van der Waals surface area contributed by atoms with Gasteiger partial charge in [-0.05, 0) is 26.0 Å². The zero-order valence-corrected chi connectivity index (χ0v) is 12.3. The van der Waals surface area contributed by atoms with E-state index >= 15 is 0 Å². The fourth-order valence-corrected chi connectivity index (χ4v) is 1.85. The maximum Gasteiger partial charge on any atom is 0.325 e. The van der Waals surface area contributed by atoms with Crippen LogP contribution >= 0.6 is 0 Å². The second kappa shape index (κ2) is 6.75. The lowest BCUT2D eigenvalue weighted by Gasteiger charge is -2.13. The molecule has 0 aliphatic rings. The number of carboxylic acid groups (broad SMARTS) is 1. The average Bonchev–Trinajstić information content (AvgIpc) is 2.84. The summed E-state index contributed by atoms with van der Waals surface area (Å²) in [7, 11) is 0. The van der Waals surface area contributed by atoms with Gasteiger partial charge < -0.3 is 15.2 Å². The maximum absolute atomic E-state index is 12.3. The molecule has 2 aromatic rings. The molecule has 1 aromatic carbocycles. The Morgan fingerprint density at radius 1 is 1.32 bits per heavy atom. The van der Waals surface area contributed by atoms with Crippen molar-refractivity contribution in [1.29, 1.82) is 0 Å². The Kier molecular flexibility index (Phi) is 4.77. The zero-order chi connectivity index (χ0) is 16.1. The number of benzene rings is 1. The van der Waals surface area contributed by atoms with Crippen molar-refractivity contribution in [3.63, 3.8) is 0 Å². The number of aliphatic carboxylic acids is 1. The van der Waals surface area contributed by atoms with Crippen molar-refractivity contribution in [2.24, 2.45) is 0 Å². The Balaban J connectivity index is 2.12. The molecule has 0 spiro atoms. The van der Waals surface area contributed by atoms with E-state index in [4.69, 9.17) is 9.84 Å². The third kappa shape index (κ3) is 4.08. The number of amides is 1. The molecule has 0 radical (unpaired) electrons. The fraction of sp³-hybridized carbons (Fsp3) is 0.267. The Labute approximate surface area is 127 Å². The summed E-state index contributed by atoms with van der Waals surface area (Å²) in [5.74, 6) is -0.598. The number of anilines is 1. The number of aromatic nitrogens is 2. The van der Waals surface area contributed by atoms with E-state index in [1.165, 1.54) is 16.9 Å². The largest absolute Gasteiger partial charge is 0.490 e. The van der Waals surface area contributed by atoms with Crippen molar-refractivity contribution in [3.05, 3.63) is 42.1 Å². The van der Waals surface area contributed by atoms with Gasteiger partial charge in [-0.25, -0.2) is 0 Å². The highest BCUT2D eigenvalue weighted by Crippen LogP contribution is 2.20. The van der Waals surface area contributed by atoms with Crippen LogP contribution in [0.4, 0.5) is 5.82 Å². The summed E-state index contributed by atoms with van der Waals surface area (Å²) in [5.41, 5.74) is 0.393. The second-order valence-electron chi connectivity index (χ2n) is 4.91. The Morgan fingerprint density at radius 2 is 2.05 bits per heavy atom. The highest BCUT2D eigenvalue weighted by Gasteiger charge is 2.14. The maximum atomic E-state index is 12.3. The third-order valence-corrected chi connectivity index (χ3v) is 2.67. The molecule has 0 unspecified atom stereocenters. The summed E-state index contributed by atoms with van der Waals surface area (Å²) in [6.07, 6.45) is 1.43. The molecule has 0 aliphatic carbocycles. The summed E-state index contributed by atoms with van der Waals surface area (Å²) >= 11 is 0. The number of para-hydroxylation sites is 1. The predicted octanol–water partition coefficient (Wildman–Crippen LogP) is 2.01. The number of rotatable bonds is 6. The number of nitrogens with zero attached hydrogens (tertiary/aromatic N) is 2. The fourth-order valence-electron chi connectivity index (χ4n) is 1.85. The number of carboxylic acids is 1. The van der Waals surface area contributed by atoms with E-state index < -0.39 is 5.97 Å². The molecule has 1 amide bonds. The van der Waals surface area contributed by atoms with Crippen molar-refractivity contribution in [3.8, 4) is 5.75 Å². The standard InChI is InChI=1S/C15H17N3O4/c1-10(2)22-12-6-4-3-5-11(12)15(21)16-13-7-8-18(17-13)9-14(19)20/h3-8,10H,9H2,1-2H3,(H,19,20)(H,16,17,21). The molecule has 0 aliphatic heterocycles. The lowest BCUT2D eigenvalue weighted by atomic mass is 10.2. The van der Waals surface area contributed by atoms with Crippen LogP contribution in [-0.4, -0.2) is 32.9 Å². The first-order chi connectivity index (χ1) is 10.5. The average molecular weight is 303 g/mol. The highest BCUT2D eigenvalue weighted by atomic mass is 16.5. The first-order valence-corrected chi connectivity index (χ1v) is 6.78. The molecule has 2 rings (SSSR count). The highest BCUT2D eigenvalue weighted by molar-refractivity contribution is 6.05. The molecular formula is C15H17N3O4. The molecule has 0 atom stereocenters. The third-order valence-electron chi connectivity index (χ3n) is 2.67. The number of hydrogen-bond donors (Lipinski definition) is 2. The Bertz CT molecular complexity index is 679. The lowest BCUT2D eigenvalue weighted by Crippen LogP contribution is -2.16. The van der Waals surface area contributed by atoms with Gasteiger partial charge in [0.05, 0.1) is 11.7 Å².